The number of anilines is 1. The van der Waals surface area contributed by atoms with E-state index in [-0.39, 0.29) is 18.2 Å². The van der Waals surface area contributed by atoms with Crippen LogP contribution in [0.1, 0.15) is 5.69 Å². The number of nitrogens with one attached hydrogen (secondary N) is 1. The number of halogens is 2. The molecular formula is C15H14F2N2O3S. The Kier molecular flexibility index (Phi) is 5.89. The van der Waals surface area contributed by atoms with E-state index in [9.17, 15) is 13.6 Å². The van der Waals surface area contributed by atoms with Crippen LogP contribution in [0.2, 0.25) is 0 Å². The van der Waals surface area contributed by atoms with Crippen molar-refractivity contribution >= 4 is 23.8 Å². The third-order valence-corrected chi connectivity index (χ3v) is 2.98. The number of hydrogen-bond donors (Lipinski definition) is 1. The van der Waals surface area contributed by atoms with Gasteiger partial charge in [-0.2, -0.15) is 8.78 Å². The third kappa shape index (κ3) is 5.19. The van der Waals surface area contributed by atoms with Crippen LogP contribution in [-0.4, -0.2) is 23.3 Å². The quantitative estimate of drug-likeness (QED) is 0.782. The van der Waals surface area contributed by atoms with Crippen LogP contribution in [0.15, 0.2) is 48.5 Å². The standard InChI is InChI=1S/C15H14F2N2O3S/c1-23-21-10-11-6-5-9-13(18-11)19-14(20)15(16,17)22-12-7-3-2-4-8-12/h2-9H,10H2,1H3,(H,18,19,20). The van der Waals surface area contributed by atoms with Gasteiger partial charge < -0.3 is 14.2 Å². The largest absolute Gasteiger partial charge is 0.482 e. The van der Waals surface area contributed by atoms with Gasteiger partial charge in [0.2, 0.25) is 0 Å². The van der Waals surface area contributed by atoms with Gasteiger partial charge in [0.05, 0.1) is 5.69 Å². The van der Waals surface area contributed by atoms with E-state index in [1.165, 1.54) is 30.3 Å². The lowest BCUT2D eigenvalue weighted by Gasteiger charge is -2.17. The lowest BCUT2D eigenvalue weighted by atomic mass is 10.3. The van der Waals surface area contributed by atoms with Gasteiger partial charge in [-0.05, 0) is 36.3 Å². The second-order valence-electron chi connectivity index (χ2n) is 4.33. The van der Waals surface area contributed by atoms with Crippen molar-refractivity contribution in [1.82, 2.24) is 4.98 Å². The van der Waals surface area contributed by atoms with E-state index < -0.39 is 12.0 Å². The van der Waals surface area contributed by atoms with Gasteiger partial charge in [0.25, 0.3) is 0 Å². The molecule has 5 nitrogen and oxygen atoms in total. The molecule has 2 rings (SSSR count). The minimum atomic E-state index is -4.02. The highest BCUT2D eigenvalue weighted by atomic mass is 32.2. The number of amides is 1. The Labute approximate surface area is 136 Å². The molecule has 1 N–H and O–H groups in total. The molecule has 0 spiro atoms. The van der Waals surface area contributed by atoms with E-state index in [0.29, 0.717) is 5.69 Å². The summed E-state index contributed by atoms with van der Waals surface area (Å²) in [5.41, 5.74) is 0.504. The highest BCUT2D eigenvalue weighted by molar-refractivity contribution is 7.93. The normalized spacial score (nSPS) is 11.1. The van der Waals surface area contributed by atoms with E-state index in [1.807, 2.05) is 5.32 Å². The maximum Gasteiger partial charge on any atom is 0.482 e. The topological polar surface area (TPSA) is 60.5 Å². The second-order valence-corrected chi connectivity index (χ2v) is 4.90. The summed E-state index contributed by atoms with van der Waals surface area (Å²) in [7, 11) is 0. The van der Waals surface area contributed by atoms with Gasteiger partial charge >= 0.3 is 12.0 Å². The van der Waals surface area contributed by atoms with Crippen LogP contribution in [0.5, 0.6) is 5.75 Å². The van der Waals surface area contributed by atoms with Gasteiger partial charge in [0, 0.05) is 6.26 Å². The summed E-state index contributed by atoms with van der Waals surface area (Å²) in [6.07, 6.45) is -2.28. The molecule has 0 aliphatic heterocycles. The molecule has 23 heavy (non-hydrogen) atoms. The first-order valence-corrected chi connectivity index (χ1v) is 7.71. The highest BCUT2D eigenvalue weighted by Crippen LogP contribution is 2.22. The predicted molar refractivity (Wildman–Crippen MR) is 83.2 cm³/mol. The van der Waals surface area contributed by atoms with Crippen LogP contribution in [-0.2, 0) is 15.6 Å². The van der Waals surface area contributed by atoms with Crippen LogP contribution in [0.25, 0.3) is 0 Å². The molecule has 0 aliphatic rings. The molecule has 0 unspecified atom stereocenters. The van der Waals surface area contributed by atoms with Crippen molar-refractivity contribution in [2.45, 2.75) is 12.7 Å². The Balaban J connectivity index is 2.02. The van der Waals surface area contributed by atoms with Crippen molar-refractivity contribution < 1.29 is 22.5 Å². The van der Waals surface area contributed by atoms with Gasteiger partial charge in [-0.25, -0.2) is 4.98 Å². The zero-order chi connectivity index (χ0) is 16.7. The molecule has 0 atom stereocenters. The number of hydrogen-bond acceptors (Lipinski definition) is 5. The fraction of sp³-hybridized carbons (Fsp3) is 0.200. The van der Waals surface area contributed by atoms with Gasteiger partial charge in [0.15, 0.2) is 0 Å². The molecule has 0 saturated carbocycles. The molecule has 1 amide bonds. The first-order valence-electron chi connectivity index (χ1n) is 6.56. The summed E-state index contributed by atoms with van der Waals surface area (Å²) in [5.74, 6) is -1.71. The third-order valence-electron chi connectivity index (χ3n) is 2.63. The summed E-state index contributed by atoms with van der Waals surface area (Å²) >= 11 is 1.15. The molecule has 0 aliphatic carbocycles. The number of carbonyl (C=O) groups excluding carboxylic acids is 1. The molecule has 0 saturated heterocycles. The van der Waals surface area contributed by atoms with Crippen LogP contribution in [0.4, 0.5) is 14.6 Å². The number of rotatable bonds is 7. The molecule has 1 heterocycles. The summed E-state index contributed by atoms with van der Waals surface area (Å²) in [6, 6.07) is 12.0. The van der Waals surface area contributed by atoms with Gasteiger partial charge in [-0.15, -0.1) is 0 Å². The SMILES string of the molecule is CSOCc1cccc(NC(=O)C(F)(F)Oc2ccccc2)n1. The van der Waals surface area contributed by atoms with E-state index in [4.69, 9.17) is 4.18 Å². The van der Waals surface area contributed by atoms with Crippen molar-refractivity contribution in [2.75, 3.05) is 11.6 Å². The highest BCUT2D eigenvalue weighted by Gasteiger charge is 2.42. The zero-order valence-corrected chi connectivity index (χ0v) is 13.0. The summed E-state index contributed by atoms with van der Waals surface area (Å²) < 4.78 is 37.1. The van der Waals surface area contributed by atoms with Crippen LogP contribution in [0, 0.1) is 0 Å². The lowest BCUT2D eigenvalue weighted by molar-refractivity contribution is -0.187. The first-order chi connectivity index (χ1) is 11.0. The zero-order valence-electron chi connectivity index (χ0n) is 12.2. The van der Waals surface area contributed by atoms with Gasteiger partial charge in [-0.1, -0.05) is 24.3 Å². The van der Waals surface area contributed by atoms with Crippen molar-refractivity contribution in [3.63, 3.8) is 0 Å². The summed E-state index contributed by atoms with van der Waals surface area (Å²) in [6.45, 7) is 0.196. The molecule has 2 aromatic rings. The number of alkyl halides is 2. The fourth-order valence-corrected chi connectivity index (χ4v) is 1.86. The maximum atomic E-state index is 13.8. The summed E-state index contributed by atoms with van der Waals surface area (Å²) in [4.78, 5) is 15.7. The lowest BCUT2D eigenvalue weighted by Crippen LogP contribution is -2.40. The molecule has 1 aromatic heterocycles. The van der Waals surface area contributed by atoms with E-state index >= 15 is 0 Å². The molecular weight excluding hydrogens is 326 g/mol. The number of benzene rings is 1. The van der Waals surface area contributed by atoms with Crippen LogP contribution < -0.4 is 10.1 Å². The summed E-state index contributed by atoms with van der Waals surface area (Å²) in [5, 5.41) is 2.03. The predicted octanol–water partition coefficient (Wildman–Crippen LogP) is 3.49. The number of ether oxygens (including phenoxy) is 1. The maximum absolute atomic E-state index is 13.8. The number of para-hydroxylation sites is 1. The Morgan fingerprint density at radius 2 is 1.96 bits per heavy atom. The van der Waals surface area contributed by atoms with E-state index in [1.54, 1.807) is 24.5 Å². The average Bonchev–Trinajstić information content (AvgIpc) is 2.54. The minimum absolute atomic E-state index is 0.00598. The molecule has 0 radical (unpaired) electrons. The molecule has 122 valence electrons. The van der Waals surface area contributed by atoms with Gasteiger partial charge in [0.1, 0.15) is 18.2 Å². The molecule has 0 bridgehead atoms. The van der Waals surface area contributed by atoms with E-state index in [0.717, 1.165) is 12.0 Å². The number of nitrogens with zero attached hydrogens (tertiary/aromatic N) is 1. The Bertz CT molecular complexity index is 656. The Morgan fingerprint density at radius 1 is 1.22 bits per heavy atom. The number of carbonyl (C=O) groups is 1. The van der Waals surface area contributed by atoms with Crippen LogP contribution in [0.3, 0.4) is 0 Å². The molecule has 1 aromatic carbocycles. The fourth-order valence-electron chi connectivity index (χ4n) is 1.62. The molecule has 8 heteroatoms. The first kappa shape index (κ1) is 17.2. The molecule has 0 fully saturated rings. The minimum Gasteiger partial charge on any atom is -0.425 e. The second kappa shape index (κ2) is 7.89. The van der Waals surface area contributed by atoms with Crippen molar-refractivity contribution in [3.8, 4) is 5.75 Å². The smallest absolute Gasteiger partial charge is 0.425 e. The van der Waals surface area contributed by atoms with Crippen molar-refractivity contribution in [3.05, 3.63) is 54.2 Å². The van der Waals surface area contributed by atoms with Crippen molar-refractivity contribution in [1.29, 1.82) is 0 Å². The Hall–Kier alpha value is -2.19. The van der Waals surface area contributed by atoms with Gasteiger partial charge in [-0.3, -0.25) is 4.79 Å². The monoisotopic (exact) mass is 340 g/mol. The Morgan fingerprint density at radius 3 is 2.65 bits per heavy atom. The number of aromatic nitrogens is 1. The van der Waals surface area contributed by atoms with Crippen molar-refractivity contribution in [2.24, 2.45) is 0 Å². The number of pyridine rings is 1. The van der Waals surface area contributed by atoms with Crippen LogP contribution >= 0.6 is 12.0 Å². The average molecular weight is 340 g/mol. The van der Waals surface area contributed by atoms with E-state index in [2.05, 4.69) is 9.72 Å².